The lowest BCUT2D eigenvalue weighted by molar-refractivity contribution is -0.113. The van der Waals surface area contributed by atoms with Gasteiger partial charge in [0.25, 0.3) is 0 Å². The molecule has 0 unspecified atom stereocenters. The van der Waals surface area contributed by atoms with E-state index in [4.69, 9.17) is 0 Å². The molecule has 3 aromatic rings. The lowest BCUT2D eigenvalue weighted by Crippen LogP contribution is -2.16. The van der Waals surface area contributed by atoms with E-state index in [1.807, 2.05) is 36.7 Å². The molecule has 1 aromatic heterocycles. The van der Waals surface area contributed by atoms with Gasteiger partial charge in [0, 0.05) is 18.4 Å². The lowest BCUT2D eigenvalue weighted by atomic mass is 10.1. The molecule has 1 heterocycles. The molecule has 0 bridgehead atoms. The second-order valence-corrected chi connectivity index (χ2v) is 8.32. The molecule has 1 amide bonds. The first-order chi connectivity index (χ1) is 14.4. The molecule has 30 heavy (non-hydrogen) atoms. The lowest BCUT2D eigenvalue weighted by Gasteiger charge is -2.13. The Balaban J connectivity index is 1.60. The molecular weight excluding hydrogens is 394 g/mol. The molecule has 0 saturated heterocycles. The van der Waals surface area contributed by atoms with Gasteiger partial charge in [-0.2, -0.15) is 0 Å². The molecule has 0 radical (unpaired) electrons. The summed E-state index contributed by atoms with van der Waals surface area (Å²) in [4.78, 5) is 12.5. The Hall–Kier alpha value is -2.80. The topological polar surface area (TPSA) is 71.8 Å². The van der Waals surface area contributed by atoms with Crippen LogP contribution in [0, 0.1) is 20.8 Å². The number of aryl methyl sites for hydroxylation is 4. The van der Waals surface area contributed by atoms with Crippen molar-refractivity contribution in [3.8, 4) is 0 Å². The molecule has 0 fully saturated rings. The van der Waals surface area contributed by atoms with Gasteiger partial charge in [-0.05, 0) is 49.4 Å². The maximum Gasteiger partial charge on any atom is 0.234 e. The molecule has 6 nitrogen and oxygen atoms in total. The van der Waals surface area contributed by atoms with E-state index in [9.17, 15) is 4.79 Å². The standard InChI is InChI=1S/C23H29N5OS/c1-6-18-12-8-11-17(4)22(18)25-20(29)14-30-23-27-26-19(28(23)5)13-24-21-15(2)9-7-10-16(21)3/h7-12,24H,6,13-14H2,1-5H3,(H,25,29). The highest BCUT2D eigenvalue weighted by molar-refractivity contribution is 7.99. The van der Waals surface area contributed by atoms with E-state index in [2.05, 4.69) is 59.8 Å². The number of carbonyl (C=O) groups is 1. The number of nitrogens with one attached hydrogen (secondary N) is 2. The van der Waals surface area contributed by atoms with Gasteiger partial charge in [-0.1, -0.05) is 55.1 Å². The van der Waals surface area contributed by atoms with Crippen LogP contribution < -0.4 is 10.6 Å². The van der Waals surface area contributed by atoms with Crippen LogP contribution in [0.25, 0.3) is 0 Å². The molecule has 158 valence electrons. The number of hydrogen-bond acceptors (Lipinski definition) is 5. The summed E-state index contributed by atoms with van der Waals surface area (Å²) in [5.41, 5.74) is 6.66. The van der Waals surface area contributed by atoms with Crippen molar-refractivity contribution >= 4 is 29.0 Å². The molecule has 3 rings (SSSR count). The monoisotopic (exact) mass is 423 g/mol. The quantitative estimate of drug-likeness (QED) is 0.516. The fraction of sp³-hybridized carbons (Fsp3) is 0.348. The third-order valence-corrected chi connectivity index (χ3v) is 6.19. The summed E-state index contributed by atoms with van der Waals surface area (Å²) in [5, 5.41) is 15.8. The van der Waals surface area contributed by atoms with E-state index in [0.29, 0.717) is 6.54 Å². The minimum atomic E-state index is -0.0396. The Labute approximate surface area is 182 Å². The summed E-state index contributed by atoms with van der Waals surface area (Å²) in [7, 11) is 1.93. The minimum Gasteiger partial charge on any atom is -0.377 e. The van der Waals surface area contributed by atoms with Crippen molar-refractivity contribution in [2.45, 2.75) is 45.8 Å². The summed E-state index contributed by atoms with van der Waals surface area (Å²) in [5.74, 6) is 1.07. The molecule has 7 heteroatoms. The maximum atomic E-state index is 12.5. The normalized spacial score (nSPS) is 10.8. The molecule has 0 saturated carbocycles. The first-order valence-corrected chi connectivity index (χ1v) is 11.1. The fourth-order valence-corrected chi connectivity index (χ4v) is 4.12. The van der Waals surface area contributed by atoms with Gasteiger partial charge in [-0.15, -0.1) is 10.2 Å². The number of hydrogen-bond donors (Lipinski definition) is 2. The van der Waals surface area contributed by atoms with E-state index in [-0.39, 0.29) is 11.7 Å². The SMILES string of the molecule is CCc1cccc(C)c1NC(=O)CSc1nnc(CNc2c(C)cccc2C)n1C. The highest BCUT2D eigenvalue weighted by Crippen LogP contribution is 2.23. The largest absolute Gasteiger partial charge is 0.377 e. The molecule has 0 aliphatic heterocycles. The van der Waals surface area contributed by atoms with Gasteiger partial charge >= 0.3 is 0 Å². The summed E-state index contributed by atoms with van der Waals surface area (Å²) in [6.45, 7) is 8.85. The summed E-state index contributed by atoms with van der Waals surface area (Å²) in [6, 6.07) is 12.3. The zero-order valence-corrected chi connectivity index (χ0v) is 19.1. The smallest absolute Gasteiger partial charge is 0.234 e. The first kappa shape index (κ1) is 21.9. The first-order valence-electron chi connectivity index (χ1n) is 10.1. The number of para-hydroxylation sites is 2. The number of aromatic nitrogens is 3. The number of benzene rings is 2. The summed E-state index contributed by atoms with van der Waals surface area (Å²) in [6.07, 6.45) is 0.879. The highest BCUT2D eigenvalue weighted by Gasteiger charge is 2.14. The van der Waals surface area contributed by atoms with Crippen LogP contribution >= 0.6 is 11.8 Å². The fourth-order valence-electron chi connectivity index (χ4n) is 3.39. The van der Waals surface area contributed by atoms with Crippen LogP contribution in [0.15, 0.2) is 41.6 Å². The van der Waals surface area contributed by atoms with Crippen molar-refractivity contribution in [2.24, 2.45) is 7.05 Å². The Morgan fingerprint density at radius 3 is 2.30 bits per heavy atom. The maximum absolute atomic E-state index is 12.5. The van der Waals surface area contributed by atoms with Crippen LogP contribution in [-0.2, 0) is 24.8 Å². The molecule has 2 aromatic carbocycles. The molecule has 0 atom stereocenters. The van der Waals surface area contributed by atoms with Crippen LogP contribution in [0.2, 0.25) is 0 Å². The molecule has 2 N–H and O–H groups in total. The number of anilines is 2. The van der Waals surface area contributed by atoms with Crippen LogP contribution in [0.3, 0.4) is 0 Å². The number of rotatable bonds is 8. The van der Waals surface area contributed by atoms with Crippen LogP contribution in [-0.4, -0.2) is 26.4 Å². The third kappa shape index (κ3) is 5.02. The van der Waals surface area contributed by atoms with Gasteiger partial charge in [0.15, 0.2) is 11.0 Å². The van der Waals surface area contributed by atoms with Gasteiger partial charge in [-0.3, -0.25) is 4.79 Å². The Kier molecular flexibility index (Phi) is 7.15. The van der Waals surface area contributed by atoms with Gasteiger partial charge in [-0.25, -0.2) is 0 Å². The highest BCUT2D eigenvalue weighted by atomic mass is 32.2. The van der Waals surface area contributed by atoms with E-state index < -0.39 is 0 Å². The van der Waals surface area contributed by atoms with Crippen molar-refractivity contribution in [1.82, 2.24) is 14.8 Å². The van der Waals surface area contributed by atoms with Crippen molar-refractivity contribution in [3.63, 3.8) is 0 Å². The van der Waals surface area contributed by atoms with Crippen molar-refractivity contribution in [1.29, 1.82) is 0 Å². The average Bonchev–Trinajstić information content (AvgIpc) is 3.07. The number of amides is 1. The van der Waals surface area contributed by atoms with E-state index in [1.165, 1.54) is 22.9 Å². The summed E-state index contributed by atoms with van der Waals surface area (Å²) >= 11 is 1.39. The molecule has 0 aliphatic carbocycles. The third-order valence-electron chi connectivity index (χ3n) is 5.17. The van der Waals surface area contributed by atoms with Crippen LogP contribution in [0.4, 0.5) is 11.4 Å². The van der Waals surface area contributed by atoms with Crippen molar-refractivity contribution in [3.05, 3.63) is 64.5 Å². The predicted octanol–water partition coefficient (Wildman–Crippen LogP) is 4.65. The van der Waals surface area contributed by atoms with Crippen molar-refractivity contribution < 1.29 is 4.79 Å². The number of nitrogens with zero attached hydrogens (tertiary/aromatic N) is 3. The van der Waals surface area contributed by atoms with Crippen LogP contribution in [0.5, 0.6) is 0 Å². The van der Waals surface area contributed by atoms with Gasteiger partial charge in [0.05, 0.1) is 12.3 Å². The molecule has 0 aliphatic rings. The molecule has 0 spiro atoms. The van der Waals surface area contributed by atoms with Crippen molar-refractivity contribution in [2.75, 3.05) is 16.4 Å². The van der Waals surface area contributed by atoms with Gasteiger partial charge in [0.1, 0.15) is 0 Å². The Bertz CT molecular complexity index is 1020. The zero-order chi connectivity index (χ0) is 21.7. The number of carbonyl (C=O) groups excluding carboxylic acids is 1. The Morgan fingerprint density at radius 1 is 1.00 bits per heavy atom. The second kappa shape index (κ2) is 9.80. The summed E-state index contributed by atoms with van der Waals surface area (Å²) < 4.78 is 1.93. The van der Waals surface area contributed by atoms with Gasteiger partial charge in [0.2, 0.25) is 5.91 Å². The van der Waals surface area contributed by atoms with Crippen LogP contribution in [0.1, 0.15) is 35.0 Å². The Morgan fingerprint density at radius 2 is 1.63 bits per heavy atom. The molecular formula is C23H29N5OS. The van der Waals surface area contributed by atoms with E-state index >= 15 is 0 Å². The second-order valence-electron chi connectivity index (χ2n) is 7.38. The average molecular weight is 424 g/mol. The van der Waals surface area contributed by atoms with E-state index in [1.54, 1.807) is 0 Å². The zero-order valence-electron chi connectivity index (χ0n) is 18.2. The van der Waals surface area contributed by atoms with E-state index in [0.717, 1.165) is 39.9 Å². The predicted molar refractivity (Wildman–Crippen MR) is 124 cm³/mol. The number of thioether (sulfide) groups is 1. The minimum absolute atomic E-state index is 0.0396. The van der Waals surface area contributed by atoms with Gasteiger partial charge < -0.3 is 15.2 Å².